The van der Waals surface area contributed by atoms with Crippen LogP contribution in [0.1, 0.15) is 30.7 Å². The predicted octanol–water partition coefficient (Wildman–Crippen LogP) is 4.25. The Bertz CT molecular complexity index is 799. The van der Waals surface area contributed by atoms with Crippen LogP contribution in [0.2, 0.25) is 5.02 Å². The van der Waals surface area contributed by atoms with E-state index >= 15 is 0 Å². The maximum Gasteiger partial charge on any atom is 0.148 e. The molecule has 1 N–H and O–H groups in total. The molecule has 22 heavy (non-hydrogen) atoms. The highest BCUT2D eigenvalue weighted by molar-refractivity contribution is 6.31. The average molecular weight is 318 g/mol. The van der Waals surface area contributed by atoms with Crippen LogP contribution in [0.15, 0.2) is 24.3 Å². The van der Waals surface area contributed by atoms with Gasteiger partial charge in [0, 0.05) is 11.3 Å². The van der Waals surface area contributed by atoms with E-state index in [0.29, 0.717) is 23.7 Å². The molecule has 2 heterocycles. The van der Waals surface area contributed by atoms with Gasteiger partial charge < -0.3 is 10.1 Å². The minimum absolute atomic E-state index is 0.00771. The number of aromatic nitrogens is 1. The maximum absolute atomic E-state index is 13.2. The van der Waals surface area contributed by atoms with Crippen LogP contribution in [0.4, 0.5) is 15.9 Å². The summed E-state index contributed by atoms with van der Waals surface area (Å²) in [5.41, 5.74) is 2.17. The van der Waals surface area contributed by atoms with Gasteiger partial charge in [0.1, 0.15) is 23.3 Å². The van der Waals surface area contributed by atoms with E-state index in [0.717, 1.165) is 11.3 Å². The van der Waals surface area contributed by atoms with E-state index in [4.69, 9.17) is 16.3 Å². The first-order chi connectivity index (χ1) is 10.4. The van der Waals surface area contributed by atoms with Gasteiger partial charge in [-0.25, -0.2) is 9.37 Å². The lowest BCUT2D eigenvalue weighted by Crippen LogP contribution is -2.17. The molecule has 4 nitrogen and oxygen atoms in total. The highest BCUT2D eigenvalue weighted by atomic mass is 35.5. The molecule has 1 aliphatic rings. The second-order valence-electron chi connectivity index (χ2n) is 5.56. The van der Waals surface area contributed by atoms with Crippen molar-refractivity contribution in [1.29, 1.82) is 5.26 Å². The van der Waals surface area contributed by atoms with E-state index in [9.17, 15) is 9.65 Å². The molecule has 1 aromatic heterocycles. The Labute approximate surface area is 132 Å². The van der Waals surface area contributed by atoms with Crippen molar-refractivity contribution in [2.75, 3.05) is 5.32 Å². The van der Waals surface area contributed by atoms with Crippen LogP contribution >= 0.6 is 11.6 Å². The van der Waals surface area contributed by atoms with Crippen LogP contribution in [0.3, 0.4) is 0 Å². The fraction of sp³-hybridized carbons (Fsp3) is 0.250. The molecule has 3 rings (SSSR count). The van der Waals surface area contributed by atoms with Crippen molar-refractivity contribution in [3.8, 4) is 6.07 Å². The molecule has 0 unspecified atom stereocenters. The molecule has 0 atom stereocenters. The van der Waals surface area contributed by atoms with Gasteiger partial charge in [-0.15, -0.1) is 0 Å². The first-order valence-electron chi connectivity index (χ1n) is 6.71. The molecule has 0 bridgehead atoms. The second-order valence-corrected chi connectivity index (χ2v) is 5.96. The quantitative estimate of drug-likeness (QED) is 0.899. The number of nitrogens with zero attached hydrogens (tertiary/aromatic N) is 2. The zero-order chi connectivity index (χ0) is 15.9. The zero-order valence-corrected chi connectivity index (χ0v) is 12.8. The number of hydrogen-bond donors (Lipinski definition) is 1. The van der Waals surface area contributed by atoms with Gasteiger partial charge in [0.2, 0.25) is 0 Å². The third-order valence-electron chi connectivity index (χ3n) is 3.56. The lowest BCUT2D eigenvalue weighted by molar-refractivity contribution is -0.0100. The van der Waals surface area contributed by atoms with Crippen LogP contribution in [-0.2, 0) is 16.9 Å². The number of hydrogen-bond acceptors (Lipinski definition) is 4. The number of halogens is 2. The number of nitrogens with one attached hydrogen (secondary N) is 1. The topological polar surface area (TPSA) is 57.9 Å². The summed E-state index contributed by atoms with van der Waals surface area (Å²) < 4.78 is 18.9. The van der Waals surface area contributed by atoms with Gasteiger partial charge in [0.15, 0.2) is 0 Å². The van der Waals surface area contributed by atoms with Gasteiger partial charge in [-0.1, -0.05) is 11.6 Å². The fourth-order valence-electron chi connectivity index (χ4n) is 2.40. The zero-order valence-electron chi connectivity index (χ0n) is 12.1. The Hall–Kier alpha value is -2.16. The largest absolute Gasteiger partial charge is 0.365 e. The van der Waals surface area contributed by atoms with Gasteiger partial charge in [0.05, 0.1) is 22.9 Å². The van der Waals surface area contributed by atoms with Crippen molar-refractivity contribution in [3.05, 3.63) is 51.9 Å². The average Bonchev–Trinajstić information content (AvgIpc) is 2.77. The van der Waals surface area contributed by atoms with Crippen molar-refractivity contribution in [2.45, 2.75) is 26.1 Å². The molecule has 0 radical (unpaired) electrons. The monoisotopic (exact) mass is 317 g/mol. The van der Waals surface area contributed by atoms with E-state index in [-0.39, 0.29) is 5.02 Å². The number of rotatable bonds is 2. The number of benzene rings is 1. The third-order valence-corrected chi connectivity index (χ3v) is 3.85. The Morgan fingerprint density at radius 2 is 2.18 bits per heavy atom. The van der Waals surface area contributed by atoms with E-state index in [1.807, 2.05) is 13.8 Å². The molecule has 0 amide bonds. The van der Waals surface area contributed by atoms with Crippen LogP contribution < -0.4 is 5.32 Å². The van der Waals surface area contributed by atoms with Gasteiger partial charge in [0.25, 0.3) is 0 Å². The van der Waals surface area contributed by atoms with Gasteiger partial charge >= 0.3 is 0 Å². The summed E-state index contributed by atoms with van der Waals surface area (Å²) in [6.07, 6.45) is 0. The number of fused-ring (bicyclic) bond motifs is 1. The normalized spacial score (nSPS) is 15.2. The first-order valence-corrected chi connectivity index (χ1v) is 7.09. The Morgan fingerprint density at radius 1 is 1.41 bits per heavy atom. The van der Waals surface area contributed by atoms with Gasteiger partial charge in [-0.05, 0) is 38.1 Å². The molecule has 2 aromatic rings. The SMILES string of the molecule is CC1(C)OCc2cc(C#N)c(Nc3ccc(F)c(Cl)c3)nc21. The third kappa shape index (κ3) is 2.52. The second kappa shape index (κ2) is 5.24. The first kappa shape index (κ1) is 14.8. The van der Waals surface area contributed by atoms with Gasteiger partial charge in [-0.2, -0.15) is 5.26 Å². The molecule has 1 aromatic carbocycles. The van der Waals surface area contributed by atoms with Crippen molar-refractivity contribution < 1.29 is 9.13 Å². The lowest BCUT2D eigenvalue weighted by Gasteiger charge is -2.18. The molecular weight excluding hydrogens is 305 g/mol. The van der Waals surface area contributed by atoms with Crippen molar-refractivity contribution in [2.24, 2.45) is 0 Å². The van der Waals surface area contributed by atoms with Crippen molar-refractivity contribution >= 4 is 23.1 Å². The van der Waals surface area contributed by atoms with E-state index in [2.05, 4.69) is 16.4 Å². The van der Waals surface area contributed by atoms with E-state index in [1.165, 1.54) is 12.1 Å². The number of pyridine rings is 1. The number of anilines is 2. The molecule has 6 heteroatoms. The summed E-state index contributed by atoms with van der Waals surface area (Å²) in [5.74, 6) is -0.0910. The fourth-order valence-corrected chi connectivity index (χ4v) is 2.58. The highest BCUT2D eigenvalue weighted by Gasteiger charge is 2.33. The van der Waals surface area contributed by atoms with Crippen LogP contribution in [0.25, 0.3) is 0 Å². The van der Waals surface area contributed by atoms with Crippen molar-refractivity contribution in [1.82, 2.24) is 4.98 Å². The molecule has 0 spiro atoms. The van der Waals surface area contributed by atoms with Crippen LogP contribution in [0.5, 0.6) is 0 Å². The van der Waals surface area contributed by atoms with E-state index in [1.54, 1.807) is 12.1 Å². The summed E-state index contributed by atoms with van der Waals surface area (Å²) in [6, 6.07) is 8.13. The summed E-state index contributed by atoms with van der Waals surface area (Å²) in [5, 5.41) is 12.3. The Balaban J connectivity index is 2.03. The summed E-state index contributed by atoms with van der Waals surface area (Å²) in [6.45, 7) is 4.29. The van der Waals surface area contributed by atoms with Crippen LogP contribution in [-0.4, -0.2) is 4.98 Å². The van der Waals surface area contributed by atoms with Crippen molar-refractivity contribution in [3.63, 3.8) is 0 Å². The Kier molecular flexibility index (Phi) is 3.51. The minimum Gasteiger partial charge on any atom is -0.365 e. The molecular formula is C16H13ClFN3O. The minimum atomic E-state index is -0.500. The summed E-state index contributed by atoms with van der Waals surface area (Å²) in [4.78, 5) is 4.53. The molecule has 0 saturated heterocycles. The maximum atomic E-state index is 13.2. The number of ether oxygens (including phenoxy) is 1. The number of nitriles is 1. The Morgan fingerprint density at radius 3 is 2.86 bits per heavy atom. The lowest BCUT2D eigenvalue weighted by atomic mass is 10.0. The van der Waals surface area contributed by atoms with E-state index < -0.39 is 11.4 Å². The molecule has 1 aliphatic heterocycles. The predicted molar refractivity (Wildman–Crippen MR) is 81.5 cm³/mol. The summed E-state index contributed by atoms with van der Waals surface area (Å²) >= 11 is 5.77. The standard InChI is InChI=1S/C16H13ClFN3O/c1-16(2)14-10(8-22-16)5-9(7-19)15(21-14)20-11-3-4-13(18)12(17)6-11/h3-6H,8H2,1-2H3,(H,20,21). The molecule has 0 fully saturated rings. The molecule has 0 saturated carbocycles. The van der Waals surface area contributed by atoms with Gasteiger partial charge in [-0.3, -0.25) is 0 Å². The summed E-state index contributed by atoms with van der Waals surface area (Å²) in [7, 11) is 0. The molecule has 0 aliphatic carbocycles. The highest BCUT2D eigenvalue weighted by Crippen LogP contribution is 2.36. The smallest absolute Gasteiger partial charge is 0.148 e. The molecule has 112 valence electrons. The van der Waals surface area contributed by atoms with Crippen LogP contribution in [0, 0.1) is 17.1 Å².